The molecule has 1 aliphatic heterocycles. The van der Waals surface area contributed by atoms with Crippen molar-refractivity contribution in [3.63, 3.8) is 0 Å². The summed E-state index contributed by atoms with van der Waals surface area (Å²) < 4.78 is 15.8. The molecule has 1 atom stereocenters. The van der Waals surface area contributed by atoms with E-state index in [0.29, 0.717) is 6.10 Å². The molecule has 97 valence electrons. The van der Waals surface area contributed by atoms with Crippen molar-refractivity contribution in [2.75, 3.05) is 19.8 Å². The molecule has 0 amide bonds. The van der Waals surface area contributed by atoms with Crippen molar-refractivity contribution in [3.8, 4) is 5.75 Å². The molecule has 0 spiro atoms. The van der Waals surface area contributed by atoms with Crippen molar-refractivity contribution in [1.82, 2.24) is 0 Å². The first kappa shape index (κ1) is 13.6. The predicted molar refractivity (Wildman–Crippen MR) is 71.2 cm³/mol. The summed E-state index contributed by atoms with van der Waals surface area (Å²) in [6.45, 7) is 6.63. The van der Waals surface area contributed by atoms with Gasteiger partial charge in [0.2, 0.25) is 0 Å². The van der Waals surface area contributed by atoms with Crippen LogP contribution in [0.15, 0.2) is 12.1 Å². The van der Waals surface area contributed by atoms with E-state index in [0.717, 1.165) is 38.4 Å². The average molecular weight is 263 g/mol. The first-order chi connectivity index (χ1) is 8.72. The molecular weight excluding hydrogens is 244 g/mol. The van der Waals surface area contributed by atoms with Crippen molar-refractivity contribution in [2.24, 2.45) is 0 Å². The quantitative estimate of drug-likeness (QED) is 0.429. The van der Waals surface area contributed by atoms with Gasteiger partial charge in [0.05, 0.1) is 13.2 Å². The minimum Gasteiger partial charge on any atom is -0.540 e. The summed E-state index contributed by atoms with van der Waals surface area (Å²) in [6, 6.07) is 4.13. The van der Waals surface area contributed by atoms with Crippen molar-refractivity contribution >= 4 is 10.5 Å². The van der Waals surface area contributed by atoms with Crippen LogP contribution in [-0.4, -0.2) is 36.4 Å². The Balaban J connectivity index is 1.79. The fourth-order valence-corrected chi connectivity index (χ4v) is 2.20. The van der Waals surface area contributed by atoms with Gasteiger partial charge in [-0.25, -0.2) is 0 Å². The molecular formula is C14H19O3Si. The van der Waals surface area contributed by atoms with Crippen LogP contribution in [0.2, 0.25) is 0 Å². The lowest BCUT2D eigenvalue weighted by atomic mass is 9.99. The van der Waals surface area contributed by atoms with Gasteiger partial charge in [-0.1, -0.05) is 6.07 Å². The smallest absolute Gasteiger partial charge is 0.341 e. The molecule has 1 heterocycles. The van der Waals surface area contributed by atoms with Gasteiger partial charge in [-0.05, 0) is 49.4 Å². The van der Waals surface area contributed by atoms with Gasteiger partial charge in [-0.2, -0.15) is 0 Å². The Morgan fingerprint density at radius 3 is 2.78 bits per heavy atom. The first-order valence-corrected chi connectivity index (χ1v) is 6.75. The number of benzene rings is 1. The highest BCUT2D eigenvalue weighted by Gasteiger charge is 2.21. The van der Waals surface area contributed by atoms with Crippen molar-refractivity contribution in [2.45, 2.75) is 32.8 Å². The molecule has 1 aliphatic rings. The van der Waals surface area contributed by atoms with Gasteiger partial charge >= 0.3 is 10.5 Å². The molecule has 4 heteroatoms. The number of epoxide rings is 1. The lowest BCUT2D eigenvalue weighted by Crippen LogP contribution is -2.04. The Hall–Kier alpha value is -0.843. The van der Waals surface area contributed by atoms with E-state index in [1.54, 1.807) is 0 Å². The average Bonchev–Trinajstić information content (AvgIpc) is 3.18. The molecule has 1 aromatic rings. The lowest BCUT2D eigenvalue weighted by Gasteiger charge is -2.12. The monoisotopic (exact) mass is 263 g/mol. The third kappa shape index (κ3) is 3.57. The summed E-state index contributed by atoms with van der Waals surface area (Å²) >= 11 is 0. The second-order valence-corrected chi connectivity index (χ2v) is 4.91. The Bertz CT molecular complexity index is 402. The highest BCUT2D eigenvalue weighted by Crippen LogP contribution is 2.24. The van der Waals surface area contributed by atoms with E-state index < -0.39 is 0 Å². The maximum atomic E-state index is 5.54. The standard InChI is InChI=1S/C14H19O3Si/c1-10-11(2)14(17-18)6-5-12(10)4-3-7-15-8-13-9-16-13/h5-6,13H,3-4,7-9H2,1-2H3. The third-order valence-corrected chi connectivity index (χ3v) is 3.62. The van der Waals surface area contributed by atoms with E-state index in [9.17, 15) is 0 Å². The molecule has 3 radical (unpaired) electrons. The van der Waals surface area contributed by atoms with Gasteiger partial charge in [0.15, 0.2) is 0 Å². The maximum Gasteiger partial charge on any atom is 0.341 e. The van der Waals surface area contributed by atoms with Gasteiger partial charge in [0, 0.05) is 6.61 Å². The van der Waals surface area contributed by atoms with Crippen LogP contribution in [-0.2, 0) is 15.9 Å². The van der Waals surface area contributed by atoms with E-state index in [-0.39, 0.29) is 0 Å². The molecule has 0 bridgehead atoms. The lowest BCUT2D eigenvalue weighted by molar-refractivity contribution is 0.114. The molecule has 1 unspecified atom stereocenters. The molecule has 0 aromatic heterocycles. The Labute approximate surface area is 112 Å². The number of aryl methyl sites for hydroxylation is 1. The molecule has 18 heavy (non-hydrogen) atoms. The van der Waals surface area contributed by atoms with Crippen LogP contribution in [0, 0.1) is 13.8 Å². The van der Waals surface area contributed by atoms with E-state index in [1.165, 1.54) is 16.7 Å². The highest BCUT2D eigenvalue weighted by molar-refractivity contribution is 6.00. The summed E-state index contributed by atoms with van der Waals surface area (Å²) in [5, 5.41) is 0. The van der Waals surface area contributed by atoms with E-state index in [1.807, 2.05) is 6.07 Å². The molecule has 1 aromatic carbocycles. The molecule has 1 saturated heterocycles. The highest BCUT2D eigenvalue weighted by atomic mass is 28.2. The summed E-state index contributed by atoms with van der Waals surface area (Å²) in [7, 11) is 3.08. The topological polar surface area (TPSA) is 31.0 Å². The second kappa shape index (κ2) is 6.36. The number of rotatable bonds is 7. The summed E-state index contributed by atoms with van der Waals surface area (Å²) in [4.78, 5) is 0. The van der Waals surface area contributed by atoms with Crippen LogP contribution < -0.4 is 4.43 Å². The largest absolute Gasteiger partial charge is 0.540 e. The Kier molecular flexibility index (Phi) is 4.80. The number of ether oxygens (including phenoxy) is 2. The summed E-state index contributed by atoms with van der Waals surface area (Å²) in [5.41, 5.74) is 3.86. The van der Waals surface area contributed by atoms with Crippen molar-refractivity contribution in [3.05, 3.63) is 28.8 Å². The Morgan fingerprint density at radius 2 is 2.11 bits per heavy atom. The zero-order valence-electron chi connectivity index (χ0n) is 11.0. The van der Waals surface area contributed by atoms with E-state index in [4.69, 9.17) is 13.9 Å². The number of hydrogen-bond donors (Lipinski definition) is 0. The van der Waals surface area contributed by atoms with Crippen molar-refractivity contribution < 1.29 is 13.9 Å². The zero-order valence-corrected chi connectivity index (χ0v) is 12.0. The number of hydrogen-bond acceptors (Lipinski definition) is 3. The molecule has 0 N–H and O–H groups in total. The van der Waals surface area contributed by atoms with Gasteiger partial charge in [-0.15, -0.1) is 0 Å². The van der Waals surface area contributed by atoms with Gasteiger partial charge < -0.3 is 13.9 Å². The van der Waals surface area contributed by atoms with Crippen LogP contribution >= 0.6 is 0 Å². The predicted octanol–water partition coefficient (Wildman–Crippen LogP) is 2.11. The van der Waals surface area contributed by atoms with Gasteiger partial charge in [0.1, 0.15) is 11.9 Å². The van der Waals surface area contributed by atoms with Gasteiger partial charge in [0.25, 0.3) is 0 Å². The fourth-order valence-electron chi connectivity index (χ4n) is 1.98. The van der Waals surface area contributed by atoms with Crippen LogP contribution in [0.3, 0.4) is 0 Å². The van der Waals surface area contributed by atoms with Crippen molar-refractivity contribution in [1.29, 1.82) is 0 Å². The van der Waals surface area contributed by atoms with Crippen LogP contribution in [0.5, 0.6) is 5.75 Å². The van der Waals surface area contributed by atoms with Gasteiger partial charge in [-0.3, -0.25) is 0 Å². The molecule has 1 fully saturated rings. The van der Waals surface area contributed by atoms with Crippen LogP contribution in [0.1, 0.15) is 23.1 Å². The molecule has 0 aliphatic carbocycles. The van der Waals surface area contributed by atoms with E-state index >= 15 is 0 Å². The SMILES string of the molecule is Cc1c(CCCOCC2CO2)ccc(O[Si])c1C. The van der Waals surface area contributed by atoms with Crippen LogP contribution in [0.25, 0.3) is 0 Å². The Morgan fingerprint density at radius 1 is 1.33 bits per heavy atom. The first-order valence-electron chi connectivity index (χ1n) is 6.34. The molecule has 0 saturated carbocycles. The zero-order chi connectivity index (χ0) is 13.0. The minimum absolute atomic E-state index is 0.365. The maximum absolute atomic E-state index is 5.54. The minimum atomic E-state index is 0.365. The summed E-state index contributed by atoms with van der Waals surface area (Å²) in [6.07, 6.45) is 2.45. The second-order valence-electron chi connectivity index (χ2n) is 4.71. The third-order valence-electron chi connectivity index (χ3n) is 3.40. The van der Waals surface area contributed by atoms with Crippen LogP contribution in [0.4, 0.5) is 0 Å². The fraction of sp³-hybridized carbons (Fsp3) is 0.571. The van der Waals surface area contributed by atoms with E-state index in [2.05, 4.69) is 30.4 Å². The summed E-state index contributed by atoms with van der Waals surface area (Å²) in [5.74, 6) is 0.884. The molecule has 3 nitrogen and oxygen atoms in total. The molecule has 2 rings (SSSR count). The normalized spacial score (nSPS) is 17.8.